The summed E-state index contributed by atoms with van der Waals surface area (Å²) in [7, 11) is 0. The van der Waals surface area contributed by atoms with E-state index >= 15 is 0 Å². The van der Waals surface area contributed by atoms with E-state index in [4.69, 9.17) is 0 Å². The minimum absolute atomic E-state index is 0.142. The van der Waals surface area contributed by atoms with Crippen LogP contribution in [0.25, 0.3) is 0 Å². The molecule has 1 saturated carbocycles. The van der Waals surface area contributed by atoms with Crippen molar-refractivity contribution in [3.8, 4) is 0 Å². The maximum absolute atomic E-state index is 13.6. The highest BCUT2D eigenvalue weighted by atomic mass is 19.2. The number of rotatable bonds is 3. The number of hydrogen-bond acceptors (Lipinski definition) is 3. The first-order valence-electron chi connectivity index (χ1n) is 6.12. The molecular formula is C13H10F2N2O3. The van der Waals surface area contributed by atoms with Crippen LogP contribution >= 0.6 is 0 Å². The van der Waals surface area contributed by atoms with Crippen LogP contribution in [-0.4, -0.2) is 33.7 Å². The lowest BCUT2D eigenvalue weighted by Crippen LogP contribution is -2.34. The molecule has 3 rings (SSSR count). The Hall–Kier alpha value is -2.31. The maximum atomic E-state index is 13.6. The Kier molecular flexibility index (Phi) is 2.77. The zero-order valence-electron chi connectivity index (χ0n) is 10.3. The van der Waals surface area contributed by atoms with Crippen LogP contribution in [0.1, 0.15) is 18.4 Å². The van der Waals surface area contributed by atoms with E-state index in [9.17, 15) is 23.2 Å². The highest BCUT2D eigenvalue weighted by Crippen LogP contribution is 2.31. The fourth-order valence-corrected chi connectivity index (χ4v) is 2.16. The molecular weight excluding hydrogens is 270 g/mol. The second-order valence-electron chi connectivity index (χ2n) is 4.79. The molecule has 104 valence electrons. The number of benzene rings is 1. The van der Waals surface area contributed by atoms with Crippen LogP contribution in [0.15, 0.2) is 18.2 Å². The standard InChI is InChI=1S/C13H10F2N2O3/c14-9-3-1-2-7(10(9)15)6-16-11(18)12(19)17(13(16)20)8-4-5-8/h1-3,8H,4-6H2. The fourth-order valence-electron chi connectivity index (χ4n) is 2.16. The topological polar surface area (TPSA) is 57.7 Å². The van der Waals surface area contributed by atoms with Gasteiger partial charge in [-0.2, -0.15) is 0 Å². The number of carbonyl (C=O) groups is 3. The Morgan fingerprint density at radius 3 is 2.45 bits per heavy atom. The molecule has 20 heavy (non-hydrogen) atoms. The summed E-state index contributed by atoms with van der Waals surface area (Å²) in [4.78, 5) is 37.0. The Labute approximate surface area is 112 Å². The maximum Gasteiger partial charge on any atom is 0.334 e. The van der Waals surface area contributed by atoms with Crippen LogP contribution in [0.3, 0.4) is 0 Å². The molecule has 0 bridgehead atoms. The minimum Gasteiger partial charge on any atom is -0.263 e. The van der Waals surface area contributed by atoms with Gasteiger partial charge in [0.15, 0.2) is 11.6 Å². The number of hydrogen-bond donors (Lipinski definition) is 0. The molecule has 1 aromatic rings. The number of nitrogens with zero attached hydrogens (tertiary/aromatic N) is 2. The van der Waals surface area contributed by atoms with Crippen LogP contribution in [0.5, 0.6) is 0 Å². The summed E-state index contributed by atoms with van der Waals surface area (Å²) in [6, 6.07) is 2.49. The van der Waals surface area contributed by atoms with Crippen LogP contribution in [0.4, 0.5) is 13.6 Å². The van der Waals surface area contributed by atoms with Crippen molar-refractivity contribution in [2.24, 2.45) is 0 Å². The van der Waals surface area contributed by atoms with Crippen molar-refractivity contribution in [2.45, 2.75) is 25.4 Å². The summed E-state index contributed by atoms with van der Waals surface area (Å²) < 4.78 is 26.6. The number of halogens is 2. The average molecular weight is 280 g/mol. The fraction of sp³-hybridized carbons (Fsp3) is 0.308. The normalized spacial score (nSPS) is 19.2. The molecule has 2 fully saturated rings. The highest BCUT2D eigenvalue weighted by molar-refractivity contribution is 6.44. The van der Waals surface area contributed by atoms with Crippen molar-refractivity contribution in [2.75, 3.05) is 0 Å². The minimum atomic E-state index is -1.12. The molecule has 0 unspecified atom stereocenters. The van der Waals surface area contributed by atoms with E-state index in [1.807, 2.05) is 0 Å². The molecule has 0 atom stereocenters. The van der Waals surface area contributed by atoms with Crippen molar-refractivity contribution >= 4 is 17.8 Å². The molecule has 7 heteroatoms. The van der Waals surface area contributed by atoms with Gasteiger partial charge in [-0.1, -0.05) is 12.1 Å². The van der Waals surface area contributed by atoms with Gasteiger partial charge in [0.05, 0.1) is 6.54 Å². The van der Waals surface area contributed by atoms with Crippen molar-refractivity contribution in [1.82, 2.24) is 9.80 Å². The Morgan fingerprint density at radius 2 is 1.80 bits per heavy atom. The predicted molar refractivity (Wildman–Crippen MR) is 62.2 cm³/mol. The summed E-state index contributed by atoms with van der Waals surface area (Å²) in [6.07, 6.45) is 1.35. The molecule has 1 aliphatic carbocycles. The third-order valence-electron chi connectivity index (χ3n) is 3.36. The largest absolute Gasteiger partial charge is 0.334 e. The number of imide groups is 2. The first-order chi connectivity index (χ1) is 9.50. The van der Waals surface area contributed by atoms with E-state index in [0.717, 1.165) is 11.0 Å². The molecule has 0 N–H and O–H groups in total. The second kappa shape index (κ2) is 4.36. The van der Waals surface area contributed by atoms with E-state index in [1.165, 1.54) is 12.1 Å². The summed E-state index contributed by atoms with van der Waals surface area (Å²) in [6.45, 7) is -0.448. The van der Waals surface area contributed by atoms with Crippen molar-refractivity contribution < 1.29 is 23.2 Å². The Morgan fingerprint density at radius 1 is 1.10 bits per heavy atom. The van der Waals surface area contributed by atoms with Gasteiger partial charge in [-0.3, -0.25) is 19.4 Å². The monoisotopic (exact) mass is 280 g/mol. The van der Waals surface area contributed by atoms with E-state index in [0.29, 0.717) is 17.7 Å². The lowest BCUT2D eigenvalue weighted by Gasteiger charge is -2.15. The quantitative estimate of drug-likeness (QED) is 0.621. The zero-order valence-corrected chi connectivity index (χ0v) is 10.3. The van der Waals surface area contributed by atoms with E-state index < -0.39 is 36.0 Å². The molecule has 0 spiro atoms. The molecule has 1 saturated heterocycles. The third-order valence-corrected chi connectivity index (χ3v) is 3.36. The average Bonchev–Trinajstić information content (AvgIpc) is 3.21. The lowest BCUT2D eigenvalue weighted by atomic mass is 10.2. The van der Waals surface area contributed by atoms with Crippen LogP contribution < -0.4 is 0 Å². The van der Waals surface area contributed by atoms with Gasteiger partial charge in [0.1, 0.15) is 0 Å². The van der Waals surface area contributed by atoms with Crippen molar-refractivity contribution in [3.63, 3.8) is 0 Å². The SMILES string of the molecule is O=C1C(=O)N(C2CC2)C(=O)N1Cc1cccc(F)c1F. The van der Waals surface area contributed by atoms with Gasteiger partial charge < -0.3 is 0 Å². The summed E-state index contributed by atoms with van der Waals surface area (Å²) >= 11 is 0. The smallest absolute Gasteiger partial charge is 0.263 e. The molecule has 4 amide bonds. The van der Waals surface area contributed by atoms with Crippen molar-refractivity contribution in [1.29, 1.82) is 0 Å². The van der Waals surface area contributed by atoms with Gasteiger partial charge in [-0.25, -0.2) is 13.6 Å². The molecule has 1 heterocycles. The Bertz CT molecular complexity index is 628. The summed E-state index contributed by atoms with van der Waals surface area (Å²) in [5.41, 5.74) is -0.142. The predicted octanol–water partition coefficient (Wildman–Crippen LogP) is 1.42. The first kappa shape index (κ1) is 12.7. The van der Waals surface area contributed by atoms with Gasteiger partial charge in [0, 0.05) is 11.6 Å². The number of amides is 4. The lowest BCUT2D eigenvalue weighted by molar-refractivity contribution is -0.143. The van der Waals surface area contributed by atoms with Crippen LogP contribution in [-0.2, 0) is 16.1 Å². The van der Waals surface area contributed by atoms with E-state index in [2.05, 4.69) is 0 Å². The third kappa shape index (κ3) is 1.86. The number of carbonyl (C=O) groups excluding carboxylic acids is 3. The molecule has 1 aliphatic heterocycles. The van der Waals surface area contributed by atoms with E-state index in [1.54, 1.807) is 0 Å². The van der Waals surface area contributed by atoms with Gasteiger partial charge in [0.25, 0.3) is 0 Å². The Balaban J connectivity index is 1.87. The van der Waals surface area contributed by atoms with Crippen molar-refractivity contribution in [3.05, 3.63) is 35.4 Å². The van der Waals surface area contributed by atoms with Gasteiger partial charge in [-0.05, 0) is 18.9 Å². The second-order valence-corrected chi connectivity index (χ2v) is 4.79. The van der Waals surface area contributed by atoms with Crippen LogP contribution in [0.2, 0.25) is 0 Å². The molecule has 2 aliphatic rings. The van der Waals surface area contributed by atoms with Crippen LogP contribution in [0, 0.1) is 11.6 Å². The van der Waals surface area contributed by atoms with Gasteiger partial charge in [0.2, 0.25) is 0 Å². The number of urea groups is 1. The van der Waals surface area contributed by atoms with Gasteiger partial charge in [-0.15, -0.1) is 0 Å². The molecule has 0 radical (unpaired) electrons. The van der Waals surface area contributed by atoms with E-state index in [-0.39, 0.29) is 11.6 Å². The molecule has 5 nitrogen and oxygen atoms in total. The highest BCUT2D eigenvalue weighted by Gasteiger charge is 2.50. The molecule has 1 aromatic carbocycles. The first-order valence-corrected chi connectivity index (χ1v) is 6.12. The summed E-state index contributed by atoms with van der Waals surface area (Å²) in [5.74, 6) is -4.07. The molecule has 0 aromatic heterocycles. The summed E-state index contributed by atoms with van der Waals surface area (Å²) in [5, 5.41) is 0. The van der Waals surface area contributed by atoms with Gasteiger partial charge >= 0.3 is 17.8 Å². The zero-order chi connectivity index (χ0) is 14.4.